The van der Waals surface area contributed by atoms with Crippen molar-refractivity contribution in [2.24, 2.45) is 23.2 Å². The van der Waals surface area contributed by atoms with Crippen LogP contribution in [0.1, 0.15) is 59.3 Å². The molecule has 0 aromatic rings. The predicted molar refractivity (Wildman–Crippen MR) is 57.6 cm³/mol. The van der Waals surface area contributed by atoms with Gasteiger partial charge in [0.15, 0.2) is 0 Å². The summed E-state index contributed by atoms with van der Waals surface area (Å²) < 4.78 is 0. The third-order valence-electron chi connectivity index (χ3n) is 4.49. The lowest BCUT2D eigenvalue weighted by atomic mass is 9.73. The smallest absolute Gasteiger partial charge is 0.0349 e. The van der Waals surface area contributed by atoms with Crippen LogP contribution in [-0.4, -0.2) is 0 Å². The van der Waals surface area contributed by atoms with Crippen LogP contribution in [0.25, 0.3) is 0 Å². The monoisotopic (exact) mass is 180 g/mol. The topological polar surface area (TPSA) is 0 Å². The standard InChI is InChI=1S/C13H24/c1-4-10-6-5-7-11-8-13(2,3)9-12(10)11/h10-12H,4-9H2,1-3H3. The summed E-state index contributed by atoms with van der Waals surface area (Å²) in [7, 11) is 0. The van der Waals surface area contributed by atoms with Gasteiger partial charge in [-0.05, 0) is 36.0 Å². The highest BCUT2D eigenvalue weighted by atomic mass is 14.5. The van der Waals surface area contributed by atoms with Crippen LogP contribution >= 0.6 is 0 Å². The Kier molecular flexibility index (Phi) is 2.42. The minimum Gasteiger partial charge on any atom is -0.0651 e. The molecule has 2 aliphatic carbocycles. The normalized spacial score (nSPS) is 43.2. The van der Waals surface area contributed by atoms with Crippen molar-refractivity contribution in [1.29, 1.82) is 0 Å². The van der Waals surface area contributed by atoms with Gasteiger partial charge in [0, 0.05) is 0 Å². The predicted octanol–water partition coefficient (Wildman–Crippen LogP) is 4.25. The summed E-state index contributed by atoms with van der Waals surface area (Å²) in [5.41, 5.74) is 0.660. The zero-order valence-corrected chi connectivity index (χ0v) is 9.47. The van der Waals surface area contributed by atoms with Gasteiger partial charge in [-0.3, -0.25) is 0 Å². The quantitative estimate of drug-likeness (QED) is 0.566. The molecule has 3 atom stereocenters. The molecule has 76 valence electrons. The Morgan fingerprint density at radius 3 is 2.62 bits per heavy atom. The van der Waals surface area contributed by atoms with Crippen LogP contribution in [0.3, 0.4) is 0 Å². The van der Waals surface area contributed by atoms with E-state index >= 15 is 0 Å². The highest BCUT2D eigenvalue weighted by molar-refractivity contribution is 4.93. The van der Waals surface area contributed by atoms with E-state index in [9.17, 15) is 0 Å². The molecule has 0 bridgehead atoms. The average molecular weight is 180 g/mol. The second-order valence-corrected chi connectivity index (χ2v) is 6.10. The van der Waals surface area contributed by atoms with E-state index in [1.165, 1.54) is 38.5 Å². The van der Waals surface area contributed by atoms with Crippen LogP contribution in [0.4, 0.5) is 0 Å². The van der Waals surface area contributed by atoms with Crippen LogP contribution in [0.2, 0.25) is 0 Å². The van der Waals surface area contributed by atoms with Gasteiger partial charge in [0.05, 0.1) is 0 Å². The first-order valence-corrected chi connectivity index (χ1v) is 6.12. The lowest BCUT2D eigenvalue weighted by Crippen LogP contribution is -2.23. The minimum atomic E-state index is 0.660. The van der Waals surface area contributed by atoms with Crippen LogP contribution in [0.5, 0.6) is 0 Å². The van der Waals surface area contributed by atoms with Crippen molar-refractivity contribution in [3.8, 4) is 0 Å². The van der Waals surface area contributed by atoms with Crippen molar-refractivity contribution in [2.45, 2.75) is 59.3 Å². The van der Waals surface area contributed by atoms with E-state index in [0.29, 0.717) is 5.41 Å². The van der Waals surface area contributed by atoms with Crippen molar-refractivity contribution in [3.05, 3.63) is 0 Å². The summed E-state index contributed by atoms with van der Waals surface area (Å²) in [6.45, 7) is 7.33. The van der Waals surface area contributed by atoms with Gasteiger partial charge >= 0.3 is 0 Å². The second kappa shape index (κ2) is 3.29. The molecule has 0 radical (unpaired) electrons. The fraction of sp³-hybridized carbons (Fsp3) is 1.00. The largest absolute Gasteiger partial charge is 0.0651 e. The average Bonchev–Trinajstić information content (AvgIpc) is 2.37. The molecule has 0 aliphatic heterocycles. The van der Waals surface area contributed by atoms with Crippen LogP contribution in [0.15, 0.2) is 0 Å². The SMILES string of the molecule is CCC1CCCC2CC(C)(C)CC12. The van der Waals surface area contributed by atoms with Gasteiger partial charge in [0.1, 0.15) is 0 Å². The molecular formula is C13H24. The zero-order chi connectivity index (χ0) is 9.47. The van der Waals surface area contributed by atoms with Gasteiger partial charge in [-0.2, -0.15) is 0 Å². The number of rotatable bonds is 1. The highest BCUT2D eigenvalue weighted by Crippen LogP contribution is 2.53. The Labute approximate surface area is 83.1 Å². The van der Waals surface area contributed by atoms with Crippen LogP contribution in [0, 0.1) is 23.2 Å². The molecule has 0 aromatic carbocycles. The maximum Gasteiger partial charge on any atom is -0.0349 e. The zero-order valence-electron chi connectivity index (χ0n) is 9.47. The van der Waals surface area contributed by atoms with Gasteiger partial charge in [0.2, 0.25) is 0 Å². The highest BCUT2D eigenvalue weighted by Gasteiger charge is 2.43. The third-order valence-corrected chi connectivity index (χ3v) is 4.49. The van der Waals surface area contributed by atoms with Gasteiger partial charge in [-0.1, -0.05) is 46.5 Å². The molecule has 0 aromatic heterocycles. The van der Waals surface area contributed by atoms with Gasteiger partial charge in [0.25, 0.3) is 0 Å². The molecule has 2 fully saturated rings. The summed E-state index contributed by atoms with van der Waals surface area (Å²) in [5.74, 6) is 3.25. The van der Waals surface area contributed by atoms with E-state index < -0.39 is 0 Å². The van der Waals surface area contributed by atoms with Gasteiger partial charge in [-0.15, -0.1) is 0 Å². The van der Waals surface area contributed by atoms with Crippen molar-refractivity contribution in [1.82, 2.24) is 0 Å². The van der Waals surface area contributed by atoms with Crippen molar-refractivity contribution < 1.29 is 0 Å². The van der Waals surface area contributed by atoms with E-state index in [1.54, 1.807) is 0 Å². The molecule has 3 unspecified atom stereocenters. The molecule has 0 amide bonds. The molecule has 2 aliphatic rings. The summed E-state index contributed by atoms with van der Waals surface area (Å²) in [5, 5.41) is 0. The number of hydrogen-bond acceptors (Lipinski definition) is 0. The summed E-state index contributed by atoms with van der Waals surface area (Å²) in [4.78, 5) is 0. The van der Waals surface area contributed by atoms with Crippen molar-refractivity contribution in [2.75, 3.05) is 0 Å². The van der Waals surface area contributed by atoms with E-state index in [4.69, 9.17) is 0 Å². The first-order chi connectivity index (χ1) is 6.12. The third kappa shape index (κ3) is 1.78. The Morgan fingerprint density at radius 1 is 1.15 bits per heavy atom. The first kappa shape index (κ1) is 9.55. The lowest BCUT2D eigenvalue weighted by Gasteiger charge is -2.33. The van der Waals surface area contributed by atoms with E-state index in [1.807, 2.05) is 0 Å². The molecule has 13 heavy (non-hydrogen) atoms. The molecule has 0 spiro atoms. The molecule has 0 heteroatoms. The first-order valence-electron chi connectivity index (χ1n) is 6.12. The molecule has 2 saturated carbocycles. The molecular weight excluding hydrogens is 156 g/mol. The Morgan fingerprint density at radius 2 is 1.92 bits per heavy atom. The Bertz CT molecular complexity index is 180. The molecule has 0 heterocycles. The Hall–Kier alpha value is 0. The summed E-state index contributed by atoms with van der Waals surface area (Å²) in [6.07, 6.45) is 9.01. The fourth-order valence-corrected chi connectivity index (χ4v) is 3.98. The second-order valence-electron chi connectivity index (χ2n) is 6.10. The minimum absolute atomic E-state index is 0.660. The summed E-state index contributed by atoms with van der Waals surface area (Å²) in [6, 6.07) is 0. The van der Waals surface area contributed by atoms with E-state index in [2.05, 4.69) is 20.8 Å². The number of fused-ring (bicyclic) bond motifs is 1. The van der Waals surface area contributed by atoms with Crippen LogP contribution in [-0.2, 0) is 0 Å². The lowest BCUT2D eigenvalue weighted by molar-refractivity contribution is 0.176. The maximum atomic E-state index is 2.47. The molecule has 0 nitrogen and oxygen atoms in total. The maximum absolute atomic E-state index is 2.47. The molecule has 0 N–H and O–H groups in total. The fourth-order valence-electron chi connectivity index (χ4n) is 3.98. The summed E-state index contributed by atoms with van der Waals surface area (Å²) >= 11 is 0. The van der Waals surface area contributed by atoms with Crippen molar-refractivity contribution in [3.63, 3.8) is 0 Å². The molecule has 2 rings (SSSR count). The van der Waals surface area contributed by atoms with E-state index in [0.717, 1.165) is 17.8 Å². The molecule has 0 saturated heterocycles. The van der Waals surface area contributed by atoms with Crippen molar-refractivity contribution >= 4 is 0 Å². The number of hydrogen-bond donors (Lipinski definition) is 0. The van der Waals surface area contributed by atoms with E-state index in [-0.39, 0.29) is 0 Å². The van der Waals surface area contributed by atoms with Crippen LogP contribution < -0.4 is 0 Å². The Balaban J connectivity index is 2.08. The van der Waals surface area contributed by atoms with Gasteiger partial charge < -0.3 is 0 Å². The van der Waals surface area contributed by atoms with Gasteiger partial charge in [-0.25, -0.2) is 0 Å².